The molecule has 0 radical (unpaired) electrons. The summed E-state index contributed by atoms with van der Waals surface area (Å²) in [6.07, 6.45) is 2.32. The van der Waals surface area contributed by atoms with Crippen molar-refractivity contribution in [1.82, 2.24) is 4.90 Å². The molecule has 0 saturated carbocycles. The van der Waals surface area contributed by atoms with Crippen molar-refractivity contribution in [3.8, 4) is 0 Å². The number of hydrogen-bond acceptors (Lipinski definition) is 6. The van der Waals surface area contributed by atoms with Gasteiger partial charge >= 0.3 is 0 Å². The minimum Gasteiger partial charge on any atom is -0.822 e. The second-order valence-corrected chi connectivity index (χ2v) is 7.72. The van der Waals surface area contributed by atoms with Gasteiger partial charge in [-0.2, -0.15) is 7.82 Å². The van der Waals surface area contributed by atoms with Gasteiger partial charge in [-0.25, -0.2) is 0 Å². The minimum atomic E-state index is -5.39. The molecule has 0 saturated heterocycles. The highest BCUT2D eigenvalue weighted by atomic mass is 35.5. The number of nitrogens with zero attached hydrogens (tertiary/aromatic N) is 1. The SMILES string of the molecule is CN(C)CCCC1c2ccccc2Nc2ccc(Cl)cc21.O=P([O-])([O-])[O-]. The molecule has 3 rings (SSSR count). The van der Waals surface area contributed by atoms with Gasteiger partial charge in [-0.3, -0.25) is 0 Å². The Morgan fingerprint density at radius 3 is 2.35 bits per heavy atom. The molecule has 0 aliphatic carbocycles. The smallest absolute Gasteiger partial charge is 0.0424 e. The van der Waals surface area contributed by atoms with Gasteiger partial charge in [0.1, 0.15) is 0 Å². The van der Waals surface area contributed by atoms with Crippen LogP contribution in [0, 0.1) is 0 Å². The molecule has 1 aliphatic heterocycles. The van der Waals surface area contributed by atoms with Crippen LogP contribution in [-0.4, -0.2) is 25.5 Å². The van der Waals surface area contributed by atoms with Crippen molar-refractivity contribution >= 4 is 30.8 Å². The summed E-state index contributed by atoms with van der Waals surface area (Å²) < 4.78 is 8.55. The molecular formula is C18H21ClN2O4P-3. The highest BCUT2D eigenvalue weighted by Crippen LogP contribution is 2.44. The minimum absolute atomic E-state index is 0.427. The number of hydrogen-bond donors (Lipinski definition) is 1. The van der Waals surface area contributed by atoms with Crippen LogP contribution in [-0.2, 0) is 4.57 Å². The molecule has 0 spiro atoms. The van der Waals surface area contributed by atoms with Crippen LogP contribution < -0.4 is 20.0 Å². The van der Waals surface area contributed by atoms with Gasteiger partial charge in [0.05, 0.1) is 0 Å². The van der Waals surface area contributed by atoms with E-state index in [0.29, 0.717) is 5.92 Å². The van der Waals surface area contributed by atoms with Gasteiger partial charge in [-0.15, -0.1) is 0 Å². The summed E-state index contributed by atoms with van der Waals surface area (Å²) in [6.45, 7) is 1.11. The summed E-state index contributed by atoms with van der Waals surface area (Å²) in [4.78, 5) is 27.9. The van der Waals surface area contributed by atoms with Gasteiger partial charge in [0.2, 0.25) is 0 Å². The third kappa shape index (κ3) is 6.40. The van der Waals surface area contributed by atoms with Crippen molar-refractivity contribution < 1.29 is 19.2 Å². The average Bonchev–Trinajstić information content (AvgIpc) is 2.53. The fraction of sp³-hybridized carbons (Fsp3) is 0.333. The summed E-state index contributed by atoms with van der Waals surface area (Å²) in [7, 11) is -1.14. The topological polar surface area (TPSA) is 102 Å². The zero-order valence-electron chi connectivity index (χ0n) is 14.6. The first-order chi connectivity index (χ1) is 12.1. The molecule has 0 fully saturated rings. The third-order valence-electron chi connectivity index (χ3n) is 4.09. The predicted octanol–water partition coefficient (Wildman–Crippen LogP) is 2.05. The fourth-order valence-corrected chi connectivity index (χ4v) is 3.27. The van der Waals surface area contributed by atoms with Crippen molar-refractivity contribution in [1.29, 1.82) is 0 Å². The molecule has 142 valence electrons. The van der Waals surface area contributed by atoms with Crippen molar-refractivity contribution in [2.45, 2.75) is 18.8 Å². The van der Waals surface area contributed by atoms with Crippen molar-refractivity contribution in [2.75, 3.05) is 26.0 Å². The second-order valence-electron chi connectivity index (χ2n) is 6.39. The van der Waals surface area contributed by atoms with E-state index in [0.717, 1.165) is 18.0 Å². The number of phosphoric acid groups is 1. The Morgan fingerprint density at radius 2 is 1.69 bits per heavy atom. The number of para-hydroxylation sites is 1. The molecule has 1 aliphatic rings. The lowest BCUT2D eigenvalue weighted by molar-refractivity contribution is -0.432. The van der Waals surface area contributed by atoms with E-state index in [1.165, 1.54) is 28.9 Å². The van der Waals surface area contributed by atoms with E-state index in [1.54, 1.807) is 0 Å². The Morgan fingerprint density at radius 1 is 1.08 bits per heavy atom. The van der Waals surface area contributed by atoms with Crippen LogP contribution in [0.15, 0.2) is 42.5 Å². The lowest BCUT2D eigenvalue weighted by Gasteiger charge is -2.36. The largest absolute Gasteiger partial charge is 0.822 e. The van der Waals surface area contributed by atoms with Gasteiger partial charge in [-0.1, -0.05) is 29.8 Å². The molecule has 1 N–H and O–H groups in total. The van der Waals surface area contributed by atoms with E-state index in [4.69, 9.17) is 30.8 Å². The molecule has 1 atom stereocenters. The Kier molecular flexibility index (Phi) is 7.24. The Bertz CT molecular complexity index is 786. The van der Waals surface area contributed by atoms with E-state index in [2.05, 4.69) is 60.7 Å². The first kappa shape index (κ1) is 20.9. The zero-order valence-corrected chi connectivity index (χ0v) is 16.3. The van der Waals surface area contributed by atoms with Gasteiger partial charge in [0.25, 0.3) is 0 Å². The number of fused-ring (bicyclic) bond motifs is 2. The maximum Gasteiger partial charge on any atom is 0.0424 e. The van der Waals surface area contributed by atoms with E-state index in [-0.39, 0.29) is 0 Å². The normalized spacial score (nSPS) is 15.4. The predicted molar refractivity (Wildman–Crippen MR) is 98.4 cm³/mol. The van der Waals surface area contributed by atoms with Crippen molar-refractivity contribution in [3.05, 3.63) is 58.6 Å². The lowest BCUT2D eigenvalue weighted by atomic mass is 9.83. The fourth-order valence-electron chi connectivity index (χ4n) is 3.09. The van der Waals surface area contributed by atoms with Gasteiger partial charge in [0.15, 0.2) is 0 Å². The van der Waals surface area contributed by atoms with Gasteiger partial charge in [-0.05, 0) is 68.9 Å². The van der Waals surface area contributed by atoms with E-state index >= 15 is 0 Å². The van der Waals surface area contributed by atoms with E-state index < -0.39 is 7.82 Å². The van der Waals surface area contributed by atoms with Crippen LogP contribution >= 0.6 is 19.4 Å². The molecule has 8 heteroatoms. The maximum atomic E-state index is 8.55. The van der Waals surface area contributed by atoms with Crippen LogP contribution in [0.1, 0.15) is 29.9 Å². The van der Waals surface area contributed by atoms with Gasteiger partial charge < -0.3 is 29.5 Å². The molecule has 6 nitrogen and oxygen atoms in total. The standard InChI is InChI=1S/C18H21ClN2.H3O4P/c1-21(2)11-5-7-14-15-6-3-4-8-17(15)20-18-10-9-13(19)12-16(14)18;1-5(2,3)4/h3-4,6,8-10,12,14,20H,5,7,11H2,1-2H3;(H3,1,2,3,4)/p-3. The first-order valence-electron chi connectivity index (χ1n) is 8.18. The van der Waals surface area contributed by atoms with Crippen LogP contribution in [0.5, 0.6) is 0 Å². The molecule has 2 aromatic rings. The van der Waals surface area contributed by atoms with Crippen LogP contribution in [0.25, 0.3) is 0 Å². The summed E-state index contributed by atoms with van der Waals surface area (Å²) in [5, 5.41) is 4.34. The summed E-state index contributed by atoms with van der Waals surface area (Å²) in [5.74, 6) is 0.427. The van der Waals surface area contributed by atoms with Crippen LogP contribution in [0.4, 0.5) is 11.4 Å². The lowest BCUT2D eigenvalue weighted by Crippen LogP contribution is -2.24. The third-order valence-corrected chi connectivity index (χ3v) is 4.33. The number of benzene rings is 2. The molecule has 0 amide bonds. The Hall–Kier alpha value is -1.40. The molecule has 26 heavy (non-hydrogen) atoms. The summed E-state index contributed by atoms with van der Waals surface area (Å²) in [6, 6.07) is 14.8. The van der Waals surface area contributed by atoms with Crippen molar-refractivity contribution in [2.24, 2.45) is 0 Å². The second kappa shape index (κ2) is 9.00. The van der Waals surface area contributed by atoms with Crippen molar-refractivity contribution in [3.63, 3.8) is 0 Å². The Balaban J connectivity index is 0.000000431. The molecule has 1 heterocycles. The monoisotopic (exact) mass is 395 g/mol. The molecule has 0 aromatic heterocycles. The Labute approximate surface area is 158 Å². The van der Waals surface area contributed by atoms with Crippen LogP contribution in [0.3, 0.4) is 0 Å². The van der Waals surface area contributed by atoms with Gasteiger partial charge in [0, 0.05) is 22.3 Å². The van der Waals surface area contributed by atoms with E-state index in [9.17, 15) is 0 Å². The summed E-state index contributed by atoms with van der Waals surface area (Å²) in [5.41, 5.74) is 5.11. The highest BCUT2D eigenvalue weighted by molar-refractivity contribution is 7.40. The number of anilines is 2. The molecular weight excluding hydrogens is 375 g/mol. The number of rotatable bonds is 4. The first-order valence-corrected chi connectivity index (χ1v) is 10.0. The number of halogens is 1. The molecule has 2 aromatic carbocycles. The molecule has 0 bridgehead atoms. The zero-order chi connectivity index (χ0) is 19.3. The highest BCUT2D eigenvalue weighted by Gasteiger charge is 2.25. The number of nitrogens with one attached hydrogen (secondary N) is 1. The van der Waals surface area contributed by atoms with E-state index in [1.807, 2.05) is 6.07 Å². The quantitative estimate of drug-likeness (QED) is 0.795. The maximum absolute atomic E-state index is 8.55. The average molecular weight is 396 g/mol. The summed E-state index contributed by atoms with van der Waals surface area (Å²) >= 11 is 6.22. The van der Waals surface area contributed by atoms with Crippen LogP contribution in [0.2, 0.25) is 5.02 Å². The molecule has 1 unspecified atom stereocenters.